The Kier molecular flexibility index (Phi) is 4.44. The van der Waals surface area contributed by atoms with Crippen LogP contribution in [0.25, 0.3) is 0 Å². The fraction of sp³-hybridized carbons (Fsp3) is 1.00. The predicted octanol–water partition coefficient (Wildman–Crippen LogP) is 1.53. The molecule has 2 unspecified atom stereocenters. The van der Waals surface area contributed by atoms with E-state index in [9.17, 15) is 10.0 Å². The molecule has 0 spiro atoms. The maximum atomic E-state index is 10.5. The summed E-state index contributed by atoms with van der Waals surface area (Å²) in [5, 5.41) is 21.3. The van der Waals surface area contributed by atoms with E-state index in [1.54, 1.807) is 0 Å². The molecule has 5 nitrogen and oxygen atoms in total. The van der Waals surface area contributed by atoms with Gasteiger partial charge >= 0.3 is 0 Å². The molecule has 1 aliphatic carbocycles. The molecule has 3 N–H and O–H groups in total. The van der Waals surface area contributed by atoms with E-state index < -0.39 is 5.72 Å². The number of rotatable bonds is 2. The Morgan fingerprint density at radius 1 is 1.21 bits per heavy atom. The molecule has 0 radical (unpaired) electrons. The average molecular weight is 202 g/mol. The lowest BCUT2D eigenvalue weighted by Crippen LogP contribution is -2.31. The van der Waals surface area contributed by atoms with Crippen LogP contribution in [0.5, 0.6) is 0 Å². The van der Waals surface area contributed by atoms with Crippen LogP contribution >= 0.6 is 0 Å². The monoisotopic (exact) mass is 202 g/mol. The second-order valence-corrected chi connectivity index (χ2v) is 4.04. The van der Waals surface area contributed by atoms with Crippen LogP contribution in [0.4, 0.5) is 0 Å². The van der Waals surface area contributed by atoms with Crippen molar-refractivity contribution in [2.24, 2.45) is 5.18 Å². The molecule has 0 amide bonds. The first-order valence-electron chi connectivity index (χ1n) is 5.17. The largest absolute Gasteiger partial charge is 0.366 e. The van der Waals surface area contributed by atoms with E-state index in [1.165, 1.54) is 0 Å². The summed E-state index contributed by atoms with van der Waals surface area (Å²) >= 11 is 0. The smallest absolute Gasteiger partial charge is 0.197 e. The Bertz CT molecular complexity index is 189. The number of nitrogens with zero attached hydrogens (tertiary/aromatic N) is 1. The van der Waals surface area contributed by atoms with Crippen LogP contribution in [-0.4, -0.2) is 22.1 Å². The molecular formula is C9H18N2O3. The van der Waals surface area contributed by atoms with Gasteiger partial charge < -0.3 is 10.3 Å². The highest BCUT2D eigenvalue weighted by Crippen LogP contribution is 2.26. The van der Waals surface area contributed by atoms with Crippen LogP contribution in [0.1, 0.15) is 44.9 Å². The summed E-state index contributed by atoms with van der Waals surface area (Å²) in [6.45, 7) is 0. The number of hydrogen-bond acceptors (Lipinski definition) is 5. The number of hydrogen-bond donors (Lipinski definition) is 3. The predicted molar refractivity (Wildman–Crippen MR) is 51.8 cm³/mol. The van der Waals surface area contributed by atoms with E-state index in [1.807, 2.05) is 0 Å². The highest BCUT2D eigenvalue weighted by molar-refractivity contribution is 4.79. The maximum Gasteiger partial charge on any atom is 0.197 e. The normalized spacial score (nSPS) is 35.4. The van der Waals surface area contributed by atoms with Gasteiger partial charge in [-0.3, -0.25) is 0 Å². The maximum absolute atomic E-state index is 10.5. The molecule has 0 heterocycles. The molecule has 14 heavy (non-hydrogen) atoms. The average Bonchev–Trinajstić information content (AvgIpc) is 2.30. The van der Waals surface area contributed by atoms with Gasteiger partial charge in [-0.1, -0.05) is 12.8 Å². The lowest BCUT2D eigenvalue weighted by atomic mass is 10.0. The van der Waals surface area contributed by atoms with E-state index in [0.717, 1.165) is 25.7 Å². The van der Waals surface area contributed by atoms with Gasteiger partial charge in [0.25, 0.3) is 0 Å². The molecule has 1 aliphatic rings. The van der Waals surface area contributed by atoms with Crippen molar-refractivity contribution in [1.29, 1.82) is 0 Å². The van der Waals surface area contributed by atoms with Crippen molar-refractivity contribution in [1.82, 2.24) is 5.48 Å². The summed E-state index contributed by atoms with van der Waals surface area (Å²) in [7, 11) is 0. The summed E-state index contributed by atoms with van der Waals surface area (Å²) < 4.78 is 0. The number of nitrogens with one attached hydrogen (secondary N) is 1. The van der Waals surface area contributed by atoms with Gasteiger partial charge in [0.15, 0.2) is 5.72 Å². The van der Waals surface area contributed by atoms with Crippen molar-refractivity contribution < 1.29 is 10.3 Å². The highest BCUT2D eigenvalue weighted by Gasteiger charge is 2.29. The Morgan fingerprint density at radius 3 is 2.64 bits per heavy atom. The molecule has 0 aromatic heterocycles. The zero-order chi connectivity index (χ0) is 10.4. The Hall–Kier alpha value is -0.520. The van der Waals surface area contributed by atoms with E-state index in [0.29, 0.717) is 19.3 Å². The molecule has 0 saturated heterocycles. The third kappa shape index (κ3) is 3.32. The Morgan fingerprint density at radius 2 is 2.00 bits per heavy atom. The second-order valence-electron chi connectivity index (χ2n) is 4.04. The van der Waals surface area contributed by atoms with Crippen LogP contribution < -0.4 is 5.48 Å². The zero-order valence-corrected chi connectivity index (χ0v) is 8.28. The molecule has 2 atom stereocenters. The van der Waals surface area contributed by atoms with Crippen molar-refractivity contribution in [3.8, 4) is 0 Å². The van der Waals surface area contributed by atoms with Gasteiger partial charge in [0.2, 0.25) is 0 Å². The molecule has 5 heteroatoms. The van der Waals surface area contributed by atoms with Gasteiger partial charge in [0.1, 0.15) is 0 Å². The van der Waals surface area contributed by atoms with Crippen LogP contribution in [0.3, 0.4) is 0 Å². The Labute approximate surface area is 83.4 Å². The van der Waals surface area contributed by atoms with E-state index in [2.05, 4.69) is 10.7 Å². The summed E-state index contributed by atoms with van der Waals surface area (Å²) in [6.07, 6.45) is 5.02. The first-order chi connectivity index (χ1) is 6.70. The van der Waals surface area contributed by atoms with E-state index in [4.69, 9.17) is 5.21 Å². The fourth-order valence-corrected chi connectivity index (χ4v) is 1.87. The molecular weight excluding hydrogens is 184 g/mol. The fourth-order valence-electron chi connectivity index (χ4n) is 1.87. The van der Waals surface area contributed by atoms with Gasteiger partial charge in [-0.2, -0.15) is 0 Å². The summed E-state index contributed by atoms with van der Waals surface area (Å²) in [6, 6.07) is -0.0265. The van der Waals surface area contributed by atoms with E-state index >= 15 is 0 Å². The SMILES string of the molecule is O=NC1(O)CCCCCC(NO)CC1. The summed E-state index contributed by atoms with van der Waals surface area (Å²) in [5.41, 5.74) is 0.789. The topological polar surface area (TPSA) is 81.9 Å². The van der Waals surface area contributed by atoms with Crippen molar-refractivity contribution in [3.05, 3.63) is 4.91 Å². The van der Waals surface area contributed by atoms with Crippen molar-refractivity contribution >= 4 is 0 Å². The molecule has 0 aromatic carbocycles. The minimum Gasteiger partial charge on any atom is -0.366 e. The first-order valence-corrected chi connectivity index (χ1v) is 5.17. The van der Waals surface area contributed by atoms with Crippen molar-refractivity contribution in [2.45, 2.75) is 56.7 Å². The minimum atomic E-state index is -1.42. The van der Waals surface area contributed by atoms with Gasteiger partial charge in [0.05, 0.1) is 0 Å². The van der Waals surface area contributed by atoms with Gasteiger partial charge in [-0.25, -0.2) is 5.48 Å². The van der Waals surface area contributed by atoms with Crippen LogP contribution in [0.2, 0.25) is 0 Å². The third-order valence-electron chi connectivity index (χ3n) is 2.88. The molecule has 0 aromatic rings. The standard InChI is InChI=1S/C9H18N2O3/c12-9(11-14)6-3-1-2-4-8(10-13)5-7-9/h8,10,12-13H,1-7H2. The van der Waals surface area contributed by atoms with Crippen LogP contribution in [-0.2, 0) is 0 Å². The quantitative estimate of drug-likeness (QED) is 0.468. The molecule has 1 fully saturated rings. The lowest BCUT2D eigenvalue weighted by molar-refractivity contribution is 0.0193. The van der Waals surface area contributed by atoms with Crippen LogP contribution in [0.15, 0.2) is 5.18 Å². The summed E-state index contributed by atoms with van der Waals surface area (Å²) in [5.74, 6) is 0. The number of aliphatic hydroxyl groups is 1. The third-order valence-corrected chi connectivity index (χ3v) is 2.88. The first kappa shape index (κ1) is 11.6. The molecule has 0 bridgehead atoms. The minimum absolute atomic E-state index is 0.0265. The van der Waals surface area contributed by atoms with Gasteiger partial charge in [-0.15, -0.1) is 4.91 Å². The highest BCUT2D eigenvalue weighted by atomic mass is 16.5. The van der Waals surface area contributed by atoms with Gasteiger partial charge in [-0.05, 0) is 24.4 Å². The molecule has 1 saturated carbocycles. The lowest BCUT2D eigenvalue weighted by Gasteiger charge is -2.20. The molecule has 0 aliphatic heterocycles. The van der Waals surface area contributed by atoms with Crippen molar-refractivity contribution in [3.63, 3.8) is 0 Å². The molecule has 1 rings (SSSR count). The zero-order valence-electron chi connectivity index (χ0n) is 8.28. The summed E-state index contributed by atoms with van der Waals surface area (Å²) in [4.78, 5) is 10.5. The Balaban J connectivity index is 2.53. The second kappa shape index (κ2) is 5.38. The molecule has 82 valence electrons. The number of hydroxylamine groups is 1. The van der Waals surface area contributed by atoms with Gasteiger partial charge in [0, 0.05) is 18.9 Å². The van der Waals surface area contributed by atoms with E-state index in [-0.39, 0.29) is 6.04 Å². The van der Waals surface area contributed by atoms with Crippen LogP contribution in [0, 0.1) is 4.91 Å². The van der Waals surface area contributed by atoms with Crippen molar-refractivity contribution in [2.75, 3.05) is 0 Å². The number of nitroso groups, excluding NO2 is 1.